The Hall–Kier alpha value is -2.35. The van der Waals surface area contributed by atoms with Crippen molar-refractivity contribution in [2.75, 3.05) is 11.9 Å². The topological polar surface area (TPSA) is 68.2 Å². The second-order valence-corrected chi connectivity index (χ2v) is 6.54. The van der Waals surface area contributed by atoms with E-state index in [0.717, 1.165) is 17.8 Å². The Labute approximate surface area is 177 Å². The molecular formula is C21H26IN5. The molecular weight excluding hydrogens is 449 g/mol. The van der Waals surface area contributed by atoms with Crippen molar-refractivity contribution in [3.8, 4) is 5.69 Å². The maximum Gasteiger partial charge on any atom is 0.193 e. The lowest BCUT2D eigenvalue weighted by Gasteiger charge is -2.10. The van der Waals surface area contributed by atoms with Crippen molar-refractivity contribution in [3.63, 3.8) is 0 Å². The normalized spacial score (nSPS) is 11.3. The van der Waals surface area contributed by atoms with Crippen molar-refractivity contribution in [2.24, 2.45) is 10.7 Å². The molecule has 0 aliphatic heterocycles. The number of nitrogens with zero attached hydrogens (tertiary/aromatic N) is 3. The van der Waals surface area contributed by atoms with Gasteiger partial charge in [0.2, 0.25) is 0 Å². The van der Waals surface area contributed by atoms with Crippen molar-refractivity contribution in [3.05, 3.63) is 78.1 Å². The molecule has 0 saturated heterocycles. The zero-order valence-electron chi connectivity index (χ0n) is 15.7. The molecule has 0 atom stereocenters. The predicted octanol–water partition coefficient (Wildman–Crippen LogP) is 4.58. The van der Waals surface area contributed by atoms with Gasteiger partial charge in [-0.25, -0.2) is 4.68 Å². The minimum atomic E-state index is 0. The van der Waals surface area contributed by atoms with Gasteiger partial charge < -0.3 is 11.1 Å². The zero-order chi connectivity index (χ0) is 18.4. The molecule has 0 spiro atoms. The van der Waals surface area contributed by atoms with E-state index in [1.807, 2.05) is 29.1 Å². The Morgan fingerprint density at radius 2 is 1.93 bits per heavy atom. The van der Waals surface area contributed by atoms with Gasteiger partial charge in [-0.2, -0.15) is 5.10 Å². The lowest BCUT2D eigenvalue weighted by Crippen LogP contribution is -2.23. The maximum atomic E-state index is 6.01. The minimum Gasteiger partial charge on any atom is -0.370 e. The van der Waals surface area contributed by atoms with Gasteiger partial charge in [0.05, 0.1) is 5.69 Å². The van der Waals surface area contributed by atoms with Gasteiger partial charge in [-0.3, -0.25) is 4.99 Å². The van der Waals surface area contributed by atoms with Crippen LogP contribution in [0.15, 0.2) is 72.0 Å². The van der Waals surface area contributed by atoms with Gasteiger partial charge >= 0.3 is 0 Å². The molecule has 0 radical (unpaired) electrons. The highest BCUT2D eigenvalue weighted by molar-refractivity contribution is 14.0. The van der Waals surface area contributed by atoms with Crippen molar-refractivity contribution in [1.82, 2.24) is 9.78 Å². The summed E-state index contributed by atoms with van der Waals surface area (Å²) in [7, 11) is 0. The summed E-state index contributed by atoms with van der Waals surface area (Å²) in [5.74, 6) is 0.929. The molecule has 0 unspecified atom stereocenters. The predicted molar refractivity (Wildman–Crippen MR) is 123 cm³/mol. The molecule has 0 aliphatic rings. The van der Waals surface area contributed by atoms with E-state index in [4.69, 9.17) is 5.73 Å². The number of halogens is 1. The first kappa shape index (κ1) is 21.0. The van der Waals surface area contributed by atoms with Crippen LogP contribution in [0.2, 0.25) is 0 Å². The van der Waals surface area contributed by atoms with Crippen LogP contribution in [0, 0.1) is 0 Å². The van der Waals surface area contributed by atoms with Crippen LogP contribution in [0.25, 0.3) is 5.69 Å². The van der Waals surface area contributed by atoms with Gasteiger partial charge in [0.1, 0.15) is 0 Å². The molecule has 3 rings (SSSR count). The summed E-state index contributed by atoms with van der Waals surface area (Å²) in [5.41, 5.74) is 10.5. The van der Waals surface area contributed by atoms with Crippen molar-refractivity contribution in [2.45, 2.75) is 26.2 Å². The van der Waals surface area contributed by atoms with E-state index in [1.165, 1.54) is 11.1 Å². The third kappa shape index (κ3) is 6.09. The van der Waals surface area contributed by atoms with E-state index in [1.54, 1.807) is 6.20 Å². The number of benzene rings is 2. The lowest BCUT2D eigenvalue weighted by atomic mass is 10.0. The Bertz CT molecular complexity index is 855. The van der Waals surface area contributed by atoms with E-state index < -0.39 is 0 Å². The number of nitrogens with one attached hydrogen (secondary N) is 1. The second-order valence-electron chi connectivity index (χ2n) is 6.54. The molecule has 0 saturated carbocycles. The molecule has 3 aromatic rings. The van der Waals surface area contributed by atoms with Crippen LogP contribution in [0.5, 0.6) is 0 Å². The number of hydrogen-bond donors (Lipinski definition) is 2. The largest absolute Gasteiger partial charge is 0.370 e. The summed E-state index contributed by atoms with van der Waals surface area (Å²) in [5, 5.41) is 7.40. The fourth-order valence-corrected chi connectivity index (χ4v) is 2.71. The first-order valence-electron chi connectivity index (χ1n) is 8.87. The summed E-state index contributed by atoms with van der Waals surface area (Å²) < 4.78 is 1.84. The van der Waals surface area contributed by atoms with E-state index in [2.05, 4.69) is 65.7 Å². The Kier molecular flexibility index (Phi) is 7.84. The minimum absolute atomic E-state index is 0. The van der Waals surface area contributed by atoms with Gasteiger partial charge in [0, 0.05) is 24.6 Å². The second kappa shape index (κ2) is 10.1. The van der Waals surface area contributed by atoms with Gasteiger partial charge in [-0.05, 0) is 53.8 Å². The molecule has 0 fully saturated rings. The molecule has 5 nitrogen and oxygen atoms in total. The summed E-state index contributed by atoms with van der Waals surface area (Å²) in [4.78, 5) is 4.43. The third-order valence-corrected chi connectivity index (χ3v) is 4.21. The monoisotopic (exact) mass is 475 g/mol. The molecule has 142 valence electrons. The Balaban J connectivity index is 0.00000261. The van der Waals surface area contributed by atoms with E-state index in [9.17, 15) is 0 Å². The SMILES string of the molecule is CC(C)c1cccc(NC(N)=NCCc2ccc(-n3cccn3)cc2)c1.I. The van der Waals surface area contributed by atoms with Gasteiger partial charge in [-0.15, -0.1) is 24.0 Å². The highest BCUT2D eigenvalue weighted by Crippen LogP contribution is 2.18. The molecule has 0 amide bonds. The molecule has 0 bridgehead atoms. The molecule has 0 aliphatic carbocycles. The summed E-state index contributed by atoms with van der Waals surface area (Å²) in [6.07, 6.45) is 4.54. The average molecular weight is 475 g/mol. The molecule has 2 aromatic carbocycles. The lowest BCUT2D eigenvalue weighted by molar-refractivity contribution is 0.867. The molecule has 27 heavy (non-hydrogen) atoms. The number of guanidine groups is 1. The summed E-state index contributed by atoms with van der Waals surface area (Å²) in [6.45, 7) is 4.99. The average Bonchev–Trinajstić information content (AvgIpc) is 3.17. The van der Waals surface area contributed by atoms with Crippen LogP contribution in [-0.2, 0) is 6.42 Å². The highest BCUT2D eigenvalue weighted by Gasteiger charge is 2.01. The van der Waals surface area contributed by atoms with Crippen molar-refractivity contribution < 1.29 is 0 Å². The maximum absolute atomic E-state index is 6.01. The highest BCUT2D eigenvalue weighted by atomic mass is 127. The first-order chi connectivity index (χ1) is 12.6. The smallest absolute Gasteiger partial charge is 0.193 e. The first-order valence-corrected chi connectivity index (χ1v) is 8.87. The summed E-state index contributed by atoms with van der Waals surface area (Å²) in [6, 6.07) is 18.5. The van der Waals surface area contributed by atoms with Crippen molar-refractivity contribution >= 4 is 35.6 Å². The standard InChI is InChI=1S/C21H25N5.HI/c1-16(2)18-5-3-6-19(15-18)25-21(22)23-13-11-17-7-9-20(10-8-17)26-14-4-12-24-26;/h3-10,12,14-16H,11,13H2,1-2H3,(H3,22,23,25);1H. The quantitative estimate of drug-likeness (QED) is 0.312. The van der Waals surface area contributed by atoms with Crippen LogP contribution in [-0.4, -0.2) is 22.3 Å². The van der Waals surface area contributed by atoms with Crippen LogP contribution in [0.4, 0.5) is 5.69 Å². The zero-order valence-corrected chi connectivity index (χ0v) is 18.0. The molecule has 1 aromatic heterocycles. The number of rotatable bonds is 6. The summed E-state index contributed by atoms with van der Waals surface area (Å²) >= 11 is 0. The number of aromatic nitrogens is 2. The van der Waals surface area contributed by atoms with Gasteiger partial charge in [-0.1, -0.05) is 38.1 Å². The molecule has 6 heteroatoms. The van der Waals surface area contributed by atoms with Gasteiger partial charge in [0.25, 0.3) is 0 Å². The number of aliphatic imine (C=N–C) groups is 1. The van der Waals surface area contributed by atoms with Crippen LogP contribution < -0.4 is 11.1 Å². The fourth-order valence-electron chi connectivity index (χ4n) is 2.71. The van der Waals surface area contributed by atoms with Crippen LogP contribution >= 0.6 is 24.0 Å². The Morgan fingerprint density at radius 3 is 2.59 bits per heavy atom. The van der Waals surface area contributed by atoms with Crippen LogP contribution in [0.1, 0.15) is 30.9 Å². The van der Waals surface area contributed by atoms with E-state index >= 15 is 0 Å². The Morgan fingerprint density at radius 1 is 1.15 bits per heavy atom. The van der Waals surface area contributed by atoms with Gasteiger partial charge in [0.15, 0.2) is 5.96 Å². The van der Waals surface area contributed by atoms with Crippen molar-refractivity contribution in [1.29, 1.82) is 0 Å². The fraction of sp³-hybridized carbons (Fsp3) is 0.238. The molecule has 1 heterocycles. The van der Waals surface area contributed by atoms with Crippen LogP contribution in [0.3, 0.4) is 0 Å². The molecule has 3 N–H and O–H groups in total. The number of anilines is 1. The number of hydrogen-bond acceptors (Lipinski definition) is 2. The number of nitrogens with two attached hydrogens (primary N) is 1. The van der Waals surface area contributed by atoms with E-state index in [0.29, 0.717) is 18.4 Å². The third-order valence-electron chi connectivity index (χ3n) is 4.21. The van der Waals surface area contributed by atoms with E-state index in [-0.39, 0.29) is 24.0 Å².